The SMILES string of the molecule is C=CC1=C(C)c2cc3[nH]c(c4c5[nH]c(cc6nc(cc1n2)C(C)=C6CC)c(C)c5C(=O)OC4=O)[C@H]1CCC(=O)O[C@@]31C. The second-order valence-corrected chi connectivity index (χ2v) is 11.5. The third kappa shape index (κ3) is 3.45. The number of carbonyl (C=O) groups is 3. The summed E-state index contributed by atoms with van der Waals surface area (Å²) in [5.41, 5.74) is 9.25. The van der Waals surface area contributed by atoms with E-state index in [2.05, 4.69) is 23.5 Å². The largest absolute Gasteiger partial charge is 0.452 e. The van der Waals surface area contributed by atoms with Gasteiger partial charge in [-0.3, -0.25) is 4.79 Å². The first-order chi connectivity index (χ1) is 20.0. The van der Waals surface area contributed by atoms with Crippen molar-refractivity contribution < 1.29 is 23.9 Å². The maximum atomic E-state index is 13.5. The molecule has 0 aliphatic carbocycles. The molecule has 2 atom stereocenters. The number of hydrogen-bond donors (Lipinski definition) is 2. The summed E-state index contributed by atoms with van der Waals surface area (Å²) in [6.07, 6.45) is 3.21. The van der Waals surface area contributed by atoms with Crippen molar-refractivity contribution in [3.63, 3.8) is 0 Å². The number of fused-ring (bicyclic) bond motifs is 11. The Kier molecular flexibility index (Phi) is 5.51. The van der Waals surface area contributed by atoms with Crippen LogP contribution in [0.25, 0.3) is 33.3 Å². The van der Waals surface area contributed by atoms with Crippen molar-refractivity contribution in [1.82, 2.24) is 19.9 Å². The topological polar surface area (TPSA) is 127 Å². The van der Waals surface area contributed by atoms with E-state index in [9.17, 15) is 14.4 Å². The van der Waals surface area contributed by atoms with Gasteiger partial charge in [-0.05, 0) is 81.0 Å². The van der Waals surface area contributed by atoms with Crippen molar-refractivity contribution in [2.75, 3.05) is 0 Å². The predicted octanol–water partition coefficient (Wildman–Crippen LogP) is 6.45. The number of aryl methyl sites for hydroxylation is 1. The van der Waals surface area contributed by atoms with Gasteiger partial charge in [-0.25, -0.2) is 19.6 Å². The highest BCUT2D eigenvalue weighted by Gasteiger charge is 2.51. The average molecular weight is 563 g/mol. The van der Waals surface area contributed by atoms with Gasteiger partial charge in [0.25, 0.3) is 0 Å². The third-order valence-corrected chi connectivity index (χ3v) is 9.27. The molecule has 8 bridgehead atoms. The van der Waals surface area contributed by atoms with Crippen LogP contribution in [-0.4, -0.2) is 37.8 Å². The molecule has 2 aromatic heterocycles. The minimum absolute atomic E-state index is 0.201. The molecule has 0 spiro atoms. The zero-order valence-corrected chi connectivity index (χ0v) is 24.2. The zero-order valence-electron chi connectivity index (χ0n) is 24.2. The van der Waals surface area contributed by atoms with Crippen molar-refractivity contribution in [3.05, 3.63) is 81.7 Å². The Morgan fingerprint density at radius 1 is 0.976 bits per heavy atom. The number of esters is 3. The molecule has 5 aliphatic rings. The number of nitrogens with zero attached hydrogens (tertiary/aromatic N) is 2. The van der Waals surface area contributed by atoms with Crippen molar-refractivity contribution in [2.24, 2.45) is 0 Å². The van der Waals surface area contributed by atoms with Crippen LogP contribution in [0.4, 0.5) is 0 Å². The first kappa shape index (κ1) is 26.1. The number of hydrogen-bond acceptors (Lipinski definition) is 7. The van der Waals surface area contributed by atoms with Crippen LogP contribution in [0.3, 0.4) is 0 Å². The molecule has 7 heterocycles. The number of ether oxygens (including phenoxy) is 2. The van der Waals surface area contributed by atoms with Gasteiger partial charge < -0.3 is 19.4 Å². The van der Waals surface area contributed by atoms with Gasteiger partial charge in [0.05, 0.1) is 39.5 Å². The number of nitrogens with one attached hydrogen (secondary N) is 2. The van der Waals surface area contributed by atoms with E-state index in [1.165, 1.54) is 0 Å². The molecule has 0 saturated carbocycles. The molecule has 42 heavy (non-hydrogen) atoms. The van der Waals surface area contributed by atoms with E-state index in [1.807, 2.05) is 45.9 Å². The summed E-state index contributed by atoms with van der Waals surface area (Å²) in [6.45, 7) is 13.8. The van der Waals surface area contributed by atoms with Crippen LogP contribution in [0.5, 0.6) is 0 Å². The fraction of sp³-hybridized carbons (Fsp3) is 0.303. The number of cyclic esters (lactones) is 2. The molecule has 0 amide bonds. The Bertz CT molecular complexity index is 1950. The molecule has 0 unspecified atom stereocenters. The lowest BCUT2D eigenvalue weighted by atomic mass is 9.79. The Balaban J connectivity index is 1.70. The second kappa shape index (κ2) is 8.85. The molecule has 0 radical (unpaired) electrons. The monoisotopic (exact) mass is 562 g/mol. The summed E-state index contributed by atoms with van der Waals surface area (Å²) in [4.78, 5) is 55.9. The number of aromatic nitrogens is 4. The molecule has 7 rings (SSSR count). The standard InChI is InChI=1S/C33H30N4O5/c1-7-17-14(3)20-11-23-18(8-2)15(4)22(35-23)13-25-33(6)19(9-10-26(38)42-33)29(37-25)28-30-27(31(39)41-32(28)40)16(5)21(36-30)12-24(17)34-20/h8,11-13,19,36-37H,2,7,9-10H2,1,3-6H3/t19-,33-/m1/s1. The van der Waals surface area contributed by atoms with Gasteiger partial charge in [0, 0.05) is 29.1 Å². The minimum Gasteiger partial charge on any atom is -0.452 e. The molecule has 5 aliphatic heterocycles. The number of aromatic amines is 2. The van der Waals surface area contributed by atoms with Crippen LogP contribution in [0.2, 0.25) is 0 Å². The van der Waals surface area contributed by atoms with Gasteiger partial charge in [-0.15, -0.1) is 0 Å². The summed E-state index contributed by atoms with van der Waals surface area (Å²) in [6, 6.07) is 5.77. The smallest absolute Gasteiger partial charge is 0.349 e. The quantitative estimate of drug-likeness (QED) is 0.318. The highest BCUT2D eigenvalue weighted by Crippen LogP contribution is 2.51. The lowest BCUT2D eigenvalue weighted by Crippen LogP contribution is -2.37. The molecular formula is C33H30N4O5. The van der Waals surface area contributed by atoms with Crippen molar-refractivity contribution in [3.8, 4) is 0 Å². The van der Waals surface area contributed by atoms with Crippen molar-refractivity contribution >= 4 is 51.2 Å². The molecule has 0 aromatic carbocycles. The summed E-state index contributed by atoms with van der Waals surface area (Å²) < 4.78 is 11.3. The maximum Gasteiger partial charge on any atom is 0.349 e. The van der Waals surface area contributed by atoms with E-state index in [-0.39, 0.29) is 23.9 Å². The number of H-pyrrole nitrogens is 2. The molecule has 2 aromatic rings. The highest BCUT2D eigenvalue weighted by atomic mass is 16.6. The van der Waals surface area contributed by atoms with Crippen LogP contribution in [0.15, 0.2) is 30.9 Å². The first-order valence-electron chi connectivity index (χ1n) is 14.2. The molecule has 1 saturated heterocycles. The predicted molar refractivity (Wildman–Crippen MR) is 158 cm³/mol. The second-order valence-electron chi connectivity index (χ2n) is 11.5. The van der Waals surface area contributed by atoms with E-state index in [1.54, 1.807) is 6.08 Å². The van der Waals surface area contributed by atoms with Crippen LogP contribution >= 0.6 is 0 Å². The molecule has 212 valence electrons. The van der Waals surface area contributed by atoms with Gasteiger partial charge in [-0.2, -0.15) is 0 Å². The van der Waals surface area contributed by atoms with Crippen molar-refractivity contribution in [2.45, 2.75) is 65.4 Å². The van der Waals surface area contributed by atoms with Gasteiger partial charge in [0.15, 0.2) is 5.60 Å². The fourth-order valence-corrected chi connectivity index (χ4v) is 6.91. The Hall–Kier alpha value is -4.79. The molecule has 9 heteroatoms. The molecule has 9 nitrogen and oxygen atoms in total. The molecule has 2 N–H and O–H groups in total. The average Bonchev–Trinajstić information content (AvgIpc) is 3.60. The summed E-state index contributed by atoms with van der Waals surface area (Å²) in [7, 11) is 0. The number of rotatable bonds is 2. The highest BCUT2D eigenvalue weighted by molar-refractivity contribution is 6.18. The normalized spacial score (nSPS) is 22.1. The summed E-state index contributed by atoms with van der Waals surface area (Å²) >= 11 is 0. The minimum atomic E-state index is -1.08. The van der Waals surface area contributed by atoms with Gasteiger partial charge >= 0.3 is 17.9 Å². The van der Waals surface area contributed by atoms with E-state index in [0.717, 1.165) is 45.8 Å². The van der Waals surface area contributed by atoms with Crippen LogP contribution in [-0.2, 0) is 19.9 Å². The maximum absolute atomic E-state index is 13.5. The Labute approximate surface area is 242 Å². The van der Waals surface area contributed by atoms with E-state index >= 15 is 0 Å². The molecular weight excluding hydrogens is 532 g/mol. The Morgan fingerprint density at radius 2 is 1.69 bits per heavy atom. The first-order valence-corrected chi connectivity index (χ1v) is 14.2. The van der Waals surface area contributed by atoms with Crippen LogP contribution in [0.1, 0.15) is 113 Å². The summed E-state index contributed by atoms with van der Waals surface area (Å²) in [5.74, 6) is -2.14. The third-order valence-electron chi connectivity index (χ3n) is 9.27. The van der Waals surface area contributed by atoms with Crippen molar-refractivity contribution in [1.29, 1.82) is 0 Å². The van der Waals surface area contributed by atoms with E-state index < -0.39 is 17.5 Å². The van der Waals surface area contributed by atoms with Crippen LogP contribution < -0.4 is 0 Å². The summed E-state index contributed by atoms with van der Waals surface area (Å²) in [5, 5.41) is 0. The Morgan fingerprint density at radius 3 is 2.43 bits per heavy atom. The number of allylic oxidation sites excluding steroid dienone is 5. The molecule has 1 fully saturated rings. The zero-order chi connectivity index (χ0) is 29.7. The number of carbonyl (C=O) groups excluding carboxylic acids is 3. The van der Waals surface area contributed by atoms with E-state index in [4.69, 9.17) is 19.4 Å². The van der Waals surface area contributed by atoms with E-state index in [0.29, 0.717) is 45.7 Å². The van der Waals surface area contributed by atoms with Crippen LogP contribution in [0, 0.1) is 6.92 Å². The van der Waals surface area contributed by atoms with Gasteiger partial charge in [0.2, 0.25) is 0 Å². The van der Waals surface area contributed by atoms with Gasteiger partial charge in [0.1, 0.15) is 5.56 Å². The van der Waals surface area contributed by atoms with Gasteiger partial charge in [-0.1, -0.05) is 19.6 Å². The lowest BCUT2D eigenvalue weighted by molar-refractivity contribution is -0.168. The fourth-order valence-electron chi connectivity index (χ4n) is 6.91. The lowest BCUT2D eigenvalue weighted by Gasteiger charge is -2.36.